The fourth-order valence-corrected chi connectivity index (χ4v) is 5.94. The van der Waals surface area contributed by atoms with E-state index in [2.05, 4.69) is 35.2 Å². The second-order valence-electron chi connectivity index (χ2n) is 5.88. The lowest BCUT2D eigenvalue weighted by Crippen LogP contribution is -1.95. The second-order valence-corrected chi connectivity index (χ2v) is 10.3. The molecule has 0 saturated heterocycles. The highest BCUT2D eigenvalue weighted by molar-refractivity contribution is 8.00. The lowest BCUT2D eigenvalue weighted by molar-refractivity contribution is 0.529. The number of hydrogen-bond acceptors (Lipinski definition) is 8. The maximum absolute atomic E-state index is 5.95. The molecule has 28 heavy (non-hydrogen) atoms. The molecule has 0 spiro atoms. The van der Waals surface area contributed by atoms with Gasteiger partial charge in [0.2, 0.25) is 5.89 Å². The molecule has 144 valence electrons. The molecule has 3 aromatic heterocycles. The van der Waals surface area contributed by atoms with Gasteiger partial charge in [-0.3, -0.25) is 0 Å². The third-order valence-electron chi connectivity index (χ3n) is 3.94. The van der Waals surface area contributed by atoms with E-state index in [1.54, 1.807) is 16.0 Å². The Kier molecular flexibility index (Phi) is 5.98. The molecule has 0 aliphatic heterocycles. The van der Waals surface area contributed by atoms with E-state index in [0.717, 1.165) is 21.3 Å². The summed E-state index contributed by atoms with van der Waals surface area (Å²) in [7, 11) is 0. The molecule has 0 unspecified atom stereocenters. The molecule has 0 fully saturated rings. The van der Waals surface area contributed by atoms with Crippen LogP contribution in [-0.4, -0.2) is 20.0 Å². The second kappa shape index (κ2) is 8.46. The minimum atomic E-state index is 0.543. The van der Waals surface area contributed by atoms with E-state index in [1.165, 1.54) is 33.5 Å². The summed E-state index contributed by atoms with van der Waals surface area (Å²) in [6, 6.07) is 9.53. The van der Waals surface area contributed by atoms with E-state index in [1.807, 2.05) is 24.3 Å². The standard InChI is InChI=1S/C18H15ClN4OS4/c1-3-13-10(2)8-14(27-13)16-21-20-15(24-16)9-26-17-22-23(18(25)28-17)12-6-4-11(19)5-7-12/h4-8H,3,9H2,1-2H3. The van der Waals surface area contributed by atoms with Crippen LogP contribution in [0.1, 0.15) is 23.3 Å². The van der Waals surface area contributed by atoms with Gasteiger partial charge in [-0.15, -0.1) is 26.6 Å². The van der Waals surface area contributed by atoms with Crippen molar-refractivity contribution in [2.75, 3.05) is 0 Å². The molecule has 0 N–H and O–H groups in total. The zero-order valence-electron chi connectivity index (χ0n) is 15.0. The van der Waals surface area contributed by atoms with Gasteiger partial charge in [0.25, 0.3) is 5.89 Å². The van der Waals surface area contributed by atoms with Crippen molar-refractivity contribution < 1.29 is 4.42 Å². The number of aromatic nitrogens is 4. The Labute approximate surface area is 184 Å². The highest BCUT2D eigenvalue weighted by Gasteiger charge is 2.14. The van der Waals surface area contributed by atoms with Crippen molar-refractivity contribution in [3.8, 4) is 16.5 Å². The number of nitrogens with zero attached hydrogens (tertiary/aromatic N) is 4. The van der Waals surface area contributed by atoms with E-state index >= 15 is 0 Å². The van der Waals surface area contributed by atoms with Crippen LogP contribution in [0, 0.1) is 10.9 Å². The zero-order chi connectivity index (χ0) is 19.7. The molecule has 0 aliphatic carbocycles. The summed E-state index contributed by atoms with van der Waals surface area (Å²) in [5.74, 6) is 1.69. The van der Waals surface area contributed by atoms with Gasteiger partial charge in [0.15, 0.2) is 8.29 Å². The van der Waals surface area contributed by atoms with Gasteiger partial charge < -0.3 is 4.42 Å². The van der Waals surface area contributed by atoms with Crippen LogP contribution in [0.15, 0.2) is 39.1 Å². The van der Waals surface area contributed by atoms with Gasteiger partial charge >= 0.3 is 0 Å². The molecule has 0 saturated carbocycles. The van der Waals surface area contributed by atoms with Crippen LogP contribution in [-0.2, 0) is 12.2 Å². The Morgan fingerprint density at radius 2 is 2.00 bits per heavy atom. The Balaban J connectivity index is 1.47. The van der Waals surface area contributed by atoms with Gasteiger partial charge in [-0.2, -0.15) is 0 Å². The largest absolute Gasteiger partial charge is 0.419 e. The Morgan fingerprint density at radius 1 is 1.21 bits per heavy atom. The van der Waals surface area contributed by atoms with E-state index in [9.17, 15) is 0 Å². The first kappa shape index (κ1) is 19.8. The van der Waals surface area contributed by atoms with Gasteiger partial charge in [0, 0.05) is 9.90 Å². The molecular weight excluding hydrogens is 452 g/mol. The average molecular weight is 467 g/mol. The van der Waals surface area contributed by atoms with Gasteiger partial charge in [-0.1, -0.05) is 41.6 Å². The molecule has 4 aromatic rings. The number of thiophene rings is 1. The molecule has 0 aliphatic rings. The molecule has 1 aromatic carbocycles. The van der Waals surface area contributed by atoms with Crippen molar-refractivity contribution in [1.82, 2.24) is 20.0 Å². The maximum Gasteiger partial charge on any atom is 0.257 e. The van der Waals surface area contributed by atoms with Crippen LogP contribution >= 0.6 is 58.3 Å². The number of benzene rings is 1. The molecule has 0 bridgehead atoms. The van der Waals surface area contributed by atoms with Gasteiger partial charge in [-0.25, -0.2) is 4.68 Å². The van der Waals surface area contributed by atoms with Crippen molar-refractivity contribution in [1.29, 1.82) is 0 Å². The summed E-state index contributed by atoms with van der Waals surface area (Å²) in [4.78, 5) is 2.36. The fraction of sp³-hybridized carbons (Fsp3) is 0.222. The van der Waals surface area contributed by atoms with E-state index in [0.29, 0.717) is 26.5 Å². The monoisotopic (exact) mass is 466 g/mol. The predicted octanol–water partition coefficient (Wildman–Crippen LogP) is 6.59. The number of aryl methyl sites for hydroxylation is 2. The number of rotatable bonds is 6. The smallest absolute Gasteiger partial charge is 0.257 e. The Hall–Kier alpha value is -1.52. The van der Waals surface area contributed by atoms with Crippen molar-refractivity contribution in [2.45, 2.75) is 30.4 Å². The van der Waals surface area contributed by atoms with Gasteiger partial charge in [-0.05, 0) is 61.5 Å². The van der Waals surface area contributed by atoms with Crippen LogP contribution < -0.4 is 0 Å². The molecule has 0 atom stereocenters. The van der Waals surface area contributed by atoms with Gasteiger partial charge in [0.05, 0.1) is 16.3 Å². The first-order chi connectivity index (χ1) is 13.5. The summed E-state index contributed by atoms with van der Waals surface area (Å²) < 4.78 is 9.10. The average Bonchev–Trinajstić information content (AvgIpc) is 3.39. The van der Waals surface area contributed by atoms with Crippen LogP contribution in [0.5, 0.6) is 0 Å². The number of thioether (sulfide) groups is 1. The van der Waals surface area contributed by atoms with Gasteiger partial charge in [0.1, 0.15) is 0 Å². The molecule has 0 radical (unpaired) electrons. The fourth-order valence-electron chi connectivity index (χ4n) is 2.58. The zero-order valence-corrected chi connectivity index (χ0v) is 19.0. The lowest BCUT2D eigenvalue weighted by atomic mass is 10.2. The number of halogens is 1. The minimum absolute atomic E-state index is 0.543. The van der Waals surface area contributed by atoms with Crippen LogP contribution in [0.2, 0.25) is 5.02 Å². The number of hydrogen-bond donors (Lipinski definition) is 0. The topological polar surface area (TPSA) is 56.7 Å². The third-order valence-corrected chi connectivity index (χ3v) is 7.91. The minimum Gasteiger partial charge on any atom is -0.419 e. The molecule has 0 amide bonds. The summed E-state index contributed by atoms with van der Waals surface area (Å²) in [5.41, 5.74) is 2.15. The van der Waals surface area contributed by atoms with Crippen molar-refractivity contribution in [2.24, 2.45) is 0 Å². The van der Waals surface area contributed by atoms with Crippen molar-refractivity contribution in [3.05, 3.63) is 55.6 Å². The van der Waals surface area contributed by atoms with Crippen LogP contribution in [0.4, 0.5) is 0 Å². The van der Waals surface area contributed by atoms with E-state index in [-0.39, 0.29) is 0 Å². The van der Waals surface area contributed by atoms with Crippen LogP contribution in [0.25, 0.3) is 16.5 Å². The lowest BCUT2D eigenvalue weighted by Gasteiger charge is -1.99. The maximum atomic E-state index is 5.95. The SMILES string of the molecule is CCc1sc(-c2nnc(CSc3nn(-c4ccc(Cl)cc4)c(=S)s3)o2)cc1C. The quantitative estimate of drug-likeness (QED) is 0.236. The van der Waals surface area contributed by atoms with E-state index < -0.39 is 0 Å². The first-order valence-electron chi connectivity index (χ1n) is 8.44. The highest BCUT2D eigenvalue weighted by atomic mass is 35.5. The molecule has 3 heterocycles. The summed E-state index contributed by atoms with van der Waals surface area (Å²) in [6.45, 7) is 4.26. The Morgan fingerprint density at radius 3 is 2.71 bits per heavy atom. The van der Waals surface area contributed by atoms with Crippen LogP contribution in [0.3, 0.4) is 0 Å². The molecular formula is C18H15ClN4OS4. The first-order valence-corrected chi connectivity index (χ1v) is 11.8. The molecule has 10 heteroatoms. The summed E-state index contributed by atoms with van der Waals surface area (Å²) >= 11 is 16.1. The van der Waals surface area contributed by atoms with E-state index in [4.69, 9.17) is 28.2 Å². The summed E-state index contributed by atoms with van der Waals surface area (Å²) in [6.07, 6.45) is 1.01. The molecule has 5 nitrogen and oxygen atoms in total. The van der Waals surface area contributed by atoms with Crippen molar-refractivity contribution >= 4 is 58.3 Å². The molecule has 4 rings (SSSR count). The van der Waals surface area contributed by atoms with Crippen molar-refractivity contribution in [3.63, 3.8) is 0 Å². The highest BCUT2D eigenvalue weighted by Crippen LogP contribution is 2.32. The normalized spacial score (nSPS) is 11.2. The predicted molar refractivity (Wildman–Crippen MR) is 119 cm³/mol. The summed E-state index contributed by atoms with van der Waals surface area (Å²) in [5, 5.41) is 13.6. The Bertz CT molecular complexity index is 1160. The third kappa shape index (κ3) is 4.23.